The predicted octanol–water partition coefficient (Wildman–Crippen LogP) is 3.09. The molecular weight excluding hydrogens is 352 g/mol. The summed E-state index contributed by atoms with van der Waals surface area (Å²) in [5.41, 5.74) is 0.130. The number of hydrogen-bond acceptors (Lipinski definition) is 7. The zero-order valence-corrected chi connectivity index (χ0v) is 14.4. The Hall–Kier alpha value is -3.49. The van der Waals surface area contributed by atoms with E-state index in [1.54, 1.807) is 13.0 Å². The lowest BCUT2D eigenvalue weighted by atomic mass is 9.85. The Morgan fingerprint density at radius 1 is 1.19 bits per heavy atom. The van der Waals surface area contributed by atoms with E-state index in [0.717, 1.165) is 4.90 Å². The average Bonchev–Trinajstić information content (AvgIpc) is 3.17. The van der Waals surface area contributed by atoms with E-state index in [-0.39, 0.29) is 28.9 Å². The van der Waals surface area contributed by atoms with Crippen molar-refractivity contribution in [2.45, 2.75) is 19.8 Å². The number of imide groups is 1. The molecule has 0 unspecified atom stereocenters. The van der Waals surface area contributed by atoms with Crippen LogP contribution >= 0.6 is 0 Å². The maximum atomic E-state index is 12.7. The van der Waals surface area contributed by atoms with Crippen LogP contribution in [0.5, 0.6) is 0 Å². The number of nitrogens with one attached hydrogen (secondary N) is 1. The summed E-state index contributed by atoms with van der Waals surface area (Å²) in [7, 11) is 0. The molecule has 0 saturated carbocycles. The number of amides is 2. The van der Waals surface area contributed by atoms with Crippen LogP contribution in [-0.4, -0.2) is 21.9 Å². The Labute approximate surface area is 153 Å². The summed E-state index contributed by atoms with van der Waals surface area (Å²) in [4.78, 5) is 37.4. The first-order valence-electron chi connectivity index (χ1n) is 8.47. The van der Waals surface area contributed by atoms with Gasteiger partial charge in [0.05, 0.1) is 22.4 Å². The highest BCUT2D eigenvalue weighted by atomic mass is 16.6. The van der Waals surface area contributed by atoms with Crippen LogP contribution in [0, 0.1) is 28.9 Å². The molecule has 2 atom stereocenters. The lowest BCUT2D eigenvalue weighted by Gasteiger charge is -2.15. The lowest BCUT2D eigenvalue weighted by Crippen LogP contribution is -2.30. The minimum absolute atomic E-state index is 0.190. The van der Waals surface area contributed by atoms with Gasteiger partial charge in [-0.1, -0.05) is 17.3 Å². The zero-order valence-electron chi connectivity index (χ0n) is 14.4. The van der Waals surface area contributed by atoms with E-state index in [4.69, 9.17) is 4.52 Å². The van der Waals surface area contributed by atoms with Crippen molar-refractivity contribution >= 4 is 34.7 Å². The van der Waals surface area contributed by atoms with Gasteiger partial charge in [0.2, 0.25) is 11.8 Å². The maximum absolute atomic E-state index is 12.7. The molecule has 1 fully saturated rings. The molecule has 4 rings (SSSR count). The molecule has 2 amide bonds. The molecule has 138 valence electrons. The molecular formula is C18H16N4O5. The topological polar surface area (TPSA) is 119 Å². The standard InChI is InChI=1S/C18H16N4O5/c1-10-8-16(20-27-10)19-14-7-6-11(9-15(14)22(25)26)21-17(23)12-4-2-3-5-13(12)18(21)24/h2-3,6-9,12-13H,4-5H2,1H3,(H,19,20)/t12-,13+. The number of allylic oxidation sites excluding steroid dienone is 2. The van der Waals surface area contributed by atoms with E-state index >= 15 is 0 Å². The number of aryl methyl sites for hydroxylation is 1. The summed E-state index contributed by atoms with van der Waals surface area (Å²) in [6.07, 6.45) is 4.81. The molecule has 0 radical (unpaired) electrons. The van der Waals surface area contributed by atoms with Crippen molar-refractivity contribution in [3.05, 3.63) is 52.3 Å². The Morgan fingerprint density at radius 2 is 1.85 bits per heavy atom. The number of anilines is 3. The van der Waals surface area contributed by atoms with Gasteiger partial charge in [0.1, 0.15) is 11.4 Å². The smallest absolute Gasteiger partial charge is 0.294 e. The molecule has 1 saturated heterocycles. The van der Waals surface area contributed by atoms with Crippen LogP contribution in [0.15, 0.2) is 40.9 Å². The second-order valence-corrected chi connectivity index (χ2v) is 6.57. The number of rotatable bonds is 4. The van der Waals surface area contributed by atoms with Crippen molar-refractivity contribution in [3.8, 4) is 0 Å². The number of nitrogens with zero attached hydrogens (tertiary/aromatic N) is 3. The van der Waals surface area contributed by atoms with Gasteiger partial charge in [-0.3, -0.25) is 19.7 Å². The Bertz CT molecular complexity index is 954. The van der Waals surface area contributed by atoms with E-state index < -0.39 is 16.8 Å². The van der Waals surface area contributed by atoms with E-state index in [0.29, 0.717) is 24.4 Å². The molecule has 1 N–H and O–H groups in total. The minimum Gasteiger partial charge on any atom is -0.360 e. The van der Waals surface area contributed by atoms with Crippen LogP contribution in [0.25, 0.3) is 0 Å². The predicted molar refractivity (Wildman–Crippen MR) is 95.5 cm³/mol. The molecule has 2 heterocycles. The van der Waals surface area contributed by atoms with Crippen LogP contribution < -0.4 is 10.2 Å². The van der Waals surface area contributed by atoms with Gasteiger partial charge >= 0.3 is 0 Å². The third kappa shape index (κ3) is 2.86. The largest absolute Gasteiger partial charge is 0.360 e. The molecule has 27 heavy (non-hydrogen) atoms. The van der Waals surface area contributed by atoms with Gasteiger partial charge in [0.25, 0.3) is 5.69 Å². The van der Waals surface area contributed by atoms with Crippen molar-refractivity contribution in [2.24, 2.45) is 11.8 Å². The van der Waals surface area contributed by atoms with Crippen LogP contribution in [0.3, 0.4) is 0 Å². The van der Waals surface area contributed by atoms with Crippen molar-refractivity contribution in [1.29, 1.82) is 0 Å². The van der Waals surface area contributed by atoms with Gasteiger partial charge in [-0.25, -0.2) is 4.90 Å². The number of nitro benzene ring substituents is 1. The molecule has 1 aliphatic heterocycles. The number of hydrogen-bond donors (Lipinski definition) is 1. The number of aromatic nitrogens is 1. The normalized spacial score (nSPS) is 21.4. The summed E-state index contributed by atoms with van der Waals surface area (Å²) in [6, 6.07) is 5.81. The fraction of sp³-hybridized carbons (Fsp3) is 0.278. The Morgan fingerprint density at radius 3 is 2.41 bits per heavy atom. The number of benzene rings is 1. The van der Waals surface area contributed by atoms with E-state index in [1.165, 1.54) is 18.2 Å². The average molecular weight is 368 g/mol. The molecule has 9 heteroatoms. The Balaban J connectivity index is 1.68. The van der Waals surface area contributed by atoms with Crippen LogP contribution in [-0.2, 0) is 9.59 Å². The number of fused-ring (bicyclic) bond motifs is 1. The molecule has 9 nitrogen and oxygen atoms in total. The summed E-state index contributed by atoms with van der Waals surface area (Å²) in [5, 5.41) is 18.1. The van der Waals surface area contributed by atoms with Crippen molar-refractivity contribution in [1.82, 2.24) is 5.16 Å². The molecule has 0 bridgehead atoms. The first kappa shape index (κ1) is 17.0. The molecule has 1 aromatic carbocycles. The molecule has 1 aromatic heterocycles. The first-order valence-corrected chi connectivity index (χ1v) is 8.47. The minimum atomic E-state index is -0.571. The van der Waals surface area contributed by atoms with Crippen LogP contribution in [0.2, 0.25) is 0 Å². The second-order valence-electron chi connectivity index (χ2n) is 6.57. The van der Waals surface area contributed by atoms with Crippen molar-refractivity contribution in [2.75, 3.05) is 10.2 Å². The Kier molecular flexibility index (Phi) is 3.98. The van der Waals surface area contributed by atoms with Gasteiger partial charge in [-0.2, -0.15) is 0 Å². The monoisotopic (exact) mass is 368 g/mol. The highest BCUT2D eigenvalue weighted by Crippen LogP contribution is 2.40. The third-order valence-electron chi connectivity index (χ3n) is 4.83. The fourth-order valence-electron chi connectivity index (χ4n) is 3.53. The van der Waals surface area contributed by atoms with E-state index in [9.17, 15) is 19.7 Å². The molecule has 1 aliphatic carbocycles. The highest BCUT2D eigenvalue weighted by Gasteiger charge is 2.48. The number of carbonyl (C=O) groups excluding carboxylic acids is 2. The van der Waals surface area contributed by atoms with Crippen LogP contribution in [0.1, 0.15) is 18.6 Å². The van der Waals surface area contributed by atoms with Crippen LogP contribution in [0.4, 0.5) is 22.9 Å². The number of nitro groups is 1. The lowest BCUT2D eigenvalue weighted by molar-refractivity contribution is -0.383. The zero-order chi connectivity index (χ0) is 19.1. The third-order valence-corrected chi connectivity index (χ3v) is 4.83. The fourth-order valence-corrected chi connectivity index (χ4v) is 3.53. The van der Waals surface area contributed by atoms with E-state index in [1.807, 2.05) is 12.2 Å². The van der Waals surface area contributed by atoms with Gasteiger partial charge in [-0.05, 0) is 31.9 Å². The van der Waals surface area contributed by atoms with Gasteiger partial charge in [-0.15, -0.1) is 0 Å². The summed E-state index contributed by atoms with van der Waals surface area (Å²) in [6.45, 7) is 1.70. The quantitative estimate of drug-likeness (QED) is 0.381. The van der Waals surface area contributed by atoms with Gasteiger partial charge < -0.3 is 9.84 Å². The number of carbonyl (C=O) groups is 2. The van der Waals surface area contributed by atoms with Crippen molar-refractivity contribution in [3.63, 3.8) is 0 Å². The van der Waals surface area contributed by atoms with Gasteiger partial charge in [0.15, 0.2) is 5.82 Å². The van der Waals surface area contributed by atoms with E-state index in [2.05, 4.69) is 10.5 Å². The SMILES string of the molecule is Cc1cc(Nc2ccc(N3C(=O)[C@H]4CC=CC[C@H]4C3=O)cc2[N+](=O)[O-])no1. The second kappa shape index (κ2) is 6.35. The molecule has 2 aromatic rings. The van der Waals surface area contributed by atoms with Gasteiger partial charge in [0, 0.05) is 12.1 Å². The molecule has 2 aliphatic rings. The first-order chi connectivity index (χ1) is 13.0. The summed E-state index contributed by atoms with van der Waals surface area (Å²) < 4.78 is 4.94. The highest BCUT2D eigenvalue weighted by molar-refractivity contribution is 6.22. The summed E-state index contributed by atoms with van der Waals surface area (Å²) >= 11 is 0. The van der Waals surface area contributed by atoms with Crippen molar-refractivity contribution < 1.29 is 19.0 Å². The summed E-state index contributed by atoms with van der Waals surface area (Å²) in [5.74, 6) is -0.516. The molecule has 0 spiro atoms. The maximum Gasteiger partial charge on any atom is 0.294 e.